The summed E-state index contributed by atoms with van der Waals surface area (Å²) in [6.07, 6.45) is 1.53. The van der Waals surface area contributed by atoms with Crippen LogP contribution in [0, 0.1) is 0 Å². The van der Waals surface area contributed by atoms with E-state index in [0.29, 0.717) is 12.2 Å². The van der Waals surface area contributed by atoms with Gasteiger partial charge in [0.15, 0.2) is 0 Å². The van der Waals surface area contributed by atoms with E-state index in [1.807, 2.05) is 44.2 Å². The number of carbonyl (C=O) groups excluding carboxylic acids is 2. The fraction of sp³-hybridized carbons (Fsp3) is 0.417. The van der Waals surface area contributed by atoms with E-state index in [0.717, 1.165) is 16.1 Å². The summed E-state index contributed by atoms with van der Waals surface area (Å²) >= 11 is 6.19. The molecule has 2 amide bonds. The Hall–Kier alpha value is -2.78. The Bertz CT molecular complexity index is 1090. The molecule has 1 unspecified atom stereocenters. The van der Waals surface area contributed by atoms with Crippen molar-refractivity contribution in [2.45, 2.75) is 39.3 Å². The average molecular weight is 510 g/mol. The summed E-state index contributed by atoms with van der Waals surface area (Å²) in [5.41, 5.74) is 1.22. The van der Waals surface area contributed by atoms with E-state index in [4.69, 9.17) is 16.3 Å². The Kier molecular flexibility index (Phi) is 9.76. The predicted octanol–water partition coefficient (Wildman–Crippen LogP) is 3.10. The van der Waals surface area contributed by atoms with Gasteiger partial charge in [0, 0.05) is 12.6 Å². The average Bonchev–Trinajstić information content (AvgIpc) is 2.76. The van der Waals surface area contributed by atoms with Crippen LogP contribution >= 0.6 is 11.6 Å². The molecule has 34 heavy (non-hydrogen) atoms. The number of nitrogens with one attached hydrogen (secondary N) is 1. The smallest absolute Gasteiger partial charge is 0.244 e. The number of nitrogens with zero attached hydrogens (tertiary/aromatic N) is 2. The number of benzene rings is 2. The zero-order valence-corrected chi connectivity index (χ0v) is 21.7. The van der Waals surface area contributed by atoms with E-state index in [2.05, 4.69) is 5.32 Å². The molecule has 2 aromatic rings. The van der Waals surface area contributed by atoms with Crippen molar-refractivity contribution in [3.63, 3.8) is 0 Å². The van der Waals surface area contributed by atoms with Crippen molar-refractivity contribution in [1.29, 1.82) is 0 Å². The molecular weight excluding hydrogens is 478 g/mol. The van der Waals surface area contributed by atoms with Crippen LogP contribution in [0.4, 0.5) is 5.69 Å². The lowest BCUT2D eigenvalue weighted by molar-refractivity contribution is -0.139. The molecule has 2 aromatic carbocycles. The highest BCUT2D eigenvalue weighted by Gasteiger charge is 2.30. The molecular formula is C24H32ClN3O5S. The van der Waals surface area contributed by atoms with Crippen molar-refractivity contribution in [2.75, 3.05) is 30.8 Å². The summed E-state index contributed by atoms with van der Waals surface area (Å²) in [5, 5.41) is 3.03. The van der Waals surface area contributed by atoms with Crippen molar-refractivity contribution in [3.8, 4) is 5.75 Å². The van der Waals surface area contributed by atoms with Gasteiger partial charge in [-0.05, 0) is 51.0 Å². The van der Waals surface area contributed by atoms with Gasteiger partial charge in [0.05, 0.1) is 24.1 Å². The standard InChI is InChI=1S/C24H32ClN3O5S/c1-17(2)26-24(30)18(3)27(14-13-19-9-7-6-8-10-19)23(29)16-28(34(5,31)32)20-11-12-22(33-4)21(25)15-20/h6-12,15,17-18H,13-14,16H2,1-5H3,(H,26,30). The summed E-state index contributed by atoms with van der Waals surface area (Å²) in [6, 6.07) is 13.1. The van der Waals surface area contributed by atoms with Gasteiger partial charge in [0.1, 0.15) is 18.3 Å². The van der Waals surface area contributed by atoms with Crippen LogP contribution in [0.2, 0.25) is 5.02 Å². The third-order valence-electron chi connectivity index (χ3n) is 5.18. The van der Waals surface area contributed by atoms with Gasteiger partial charge in [-0.1, -0.05) is 41.9 Å². The maximum Gasteiger partial charge on any atom is 0.244 e. The van der Waals surface area contributed by atoms with E-state index in [-0.39, 0.29) is 29.2 Å². The van der Waals surface area contributed by atoms with Crippen molar-refractivity contribution in [3.05, 3.63) is 59.1 Å². The third-order valence-corrected chi connectivity index (χ3v) is 6.62. The molecule has 0 heterocycles. The van der Waals surface area contributed by atoms with E-state index < -0.39 is 28.5 Å². The molecule has 0 fully saturated rings. The van der Waals surface area contributed by atoms with Crippen molar-refractivity contribution in [2.24, 2.45) is 0 Å². The molecule has 0 radical (unpaired) electrons. The number of halogens is 1. The topological polar surface area (TPSA) is 96.0 Å². The minimum Gasteiger partial charge on any atom is -0.495 e. The van der Waals surface area contributed by atoms with Gasteiger partial charge >= 0.3 is 0 Å². The minimum absolute atomic E-state index is 0.102. The zero-order chi connectivity index (χ0) is 25.5. The molecule has 0 aliphatic heterocycles. The number of sulfonamides is 1. The molecule has 0 aliphatic rings. The Balaban J connectivity index is 2.34. The van der Waals surface area contributed by atoms with Crippen molar-refractivity contribution in [1.82, 2.24) is 10.2 Å². The Labute approximate surface area is 206 Å². The summed E-state index contributed by atoms with van der Waals surface area (Å²) in [4.78, 5) is 27.5. The van der Waals surface area contributed by atoms with E-state index in [1.165, 1.54) is 30.2 Å². The Morgan fingerprint density at radius 1 is 1.09 bits per heavy atom. The fourth-order valence-corrected chi connectivity index (χ4v) is 4.49. The van der Waals surface area contributed by atoms with Gasteiger partial charge in [-0.3, -0.25) is 13.9 Å². The van der Waals surface area contributed by atoms with Gasteiger partial charge < -0.3 is 15.0 Å². The van der Waals surface area contributed by atoms with Crippen LogP contribution in [0.15, 0.2) is 48.5 Å². The molecule has 10 heteroatoms. The van der Waals surface area contributed by atoms with Gasteiger partial charge in [0.25, 0.3) is 0 Å². The normalized spacial score (nSPS) is 12.2. The monoisotopic (exact) mass is 509 g/mol. The summed E-state index contributed by atoms with van der Waals surface area (Å²) in [7, 11) is -2.38. The predicted molar refractivity (Wildman–Crippen MR) is 135 cm³/mol. The van der Waals surface area contributed by atoms with E-state index in [9.17, 15) is 18.0 Å². The van der Waals surface area contributed by atoms with Crippen LogP contribution in [0.3, 0.4) is 0 Å². The number of methoxy groups -OCH3 is 1. The lowest BCUT2D eigenvalue weighted by Gasteiger charge is -2.32. The molecule has 0 aliphatic carbocycles. The number of rotatable bonds is 11. The van der Waals surface area contributed by atoms with Crippen molar-refractivity contribution >= 4 is 39.1 Å². The quantitative estimate of drug-likeness (QED) is 0.502. The highest BCUT2D eigenvalue weighted by atomic mass is 35.5. The highest BCUT2D eigenvalue weighted by Crippen LogP contribution is 2.30. The molecule has 0 spiro atoms. The second kappa shape index (κ2) is 12.1. The first-order valence-electron chi connectivity index (χ1n) is 10.9. The molecule has 0 aromatic heterocycles. The first kappa shape index (κ1) is 27.5. The number of amides is 2. The second-order valence-corrected chi connectivity index (χ2v) is 10.6. The summed E-state index contributed by atoms with van der Waals surface area (Å²) in [6.45, 7) is 5.07. The first-order chi connectivity index (χ1) is 15.9. The fourth-order valence-electron chi connectivity index (χ4n) is 3.40. The molecule has 2 rings (SSSR count). The van der Waals surface area contributed by atoms with Gasteiger partial charge in [-0.25, -0.2) is 8.42 Å². The Morgan fingerprint density at radius 3 is 2.26 bits per heavy atom. The summed E-state index contributed by atoms with van der Waals surface area (Å²) in [5.74, 6) is -0.428. The van der Waals surface area contributed by atoms with Gasteiger partial charge in [0.2, 0.25) is 21.8 Å². The van der Waals surface area contributed by atoms with Crippen LogP contribution < -0.4 is 14.4 Å². The van der Waals surface area contributed by atoms with Gasteiger partial charge in [-0.15, -0.1) is 0 Å². The van der Waals surface area contributed by atoms with E-state index >= 15 is 0 Å². The molecule has 8 nitrogen and oxygen atoms in total. The largest absolute Gasteiger partial charge is 0.495 e. The van der Waals surface area contributed by atoms with Crippen molar-refractivity contribution < 1.29 is 22.7 Å². The highest BCUT2D eigenvalue weighted by molar-refractivity contribution is 7.92. The number of ether oxygens (including phenoxy) is 1. The number of anilines is 1. The van der Waals surface area contributed by atoms with Crippen LogP contribution in [0.25, 0.3) is 0 Å². The maximum absolute atomic E-state index is 13.4. The number of hydrogen-bond donors (Lipinski definition) is 1. The molecule has 186 valence electrons. The van der Waals surface area contributed by atoms with Crippen LogP contribution in [0.1, 0.15) is 26.3 Å². The number of carbonyl (C=O) groups is 2. The number of hydrogen-bond acceptors (Lipinski definition) is 5. The van der Waals surface area contributed by atoms with Gasteiger partial charge in [-0.2, -0.15) is 0 Å². The molecule has 0 saturated carbocycles. The molecule has 1 atom stereocenters. The zero-order valence-electron chi connectivity index (χ0n) is 20.1. The lowest BCUT2D eigenvalue weighted by Crippen LogP contribution is -2.53. The SMILES string of the molecule is COc1ccc(N(CC(=O)N(CCc2ccccc2)C(C)C(=O)NC(C)C)S(C)(=O)=O)cc1Cl. The maximum atomic E-state index is 13.4. The van der Waals surface area contributed by atoms with Crippen LogP contribution in [-0.2, 0) is 26.0 Å². The molecule has 1 N–H and O–H groups in total. The third kappa shape index (κ3) is 7.63. The second-order valence-electron chi connectivity index (χ2n) is 8.25. The Morgan fingerprint density at radius 2 is 1.74 bits per heavy atom. The molecule has 0 bridgehead atoms. The first-order valence-corrected chi connectivity index (χ1v) is 13.1. The van der Waals surface area contributed by atoms with Crippen LogP contribution in [-0.4, -0.2) is 63.7 Å². The lowest BCUT2D eigenvalue weighted by atomic mass is 10.1. The molecule has 0 saturated heterocycles. The summed E-state index contributed by atoms with van der Waals surface area (Å²) < 4.78 is 31.3. The minimum atomic E-state index is -3.83. The van der Waals surface area contributed by atoms with Crippen LogP contribution in [0.5, 0.6) is 5.75 Å². The van der Waals surface area contributed by atoms with E-state index in [1.54, 1.807) is 6.92 Å².